The SMILES string of the molecule is CCN(Cc1nc(C(C)C)no1)C(C)(C)C(=O)O. The van der Waals surface area contributed by atoms with E-state index in [1.165, 1.54) is 0 Å². The molecule has 1 N–H and O–H groups in total. The zero-order valence-corrected chi connectivity index (χ0v) is 11.6. The van der Waals surface area contributed by atoms with Gasteiger partial charge in [0.25, 0.3) is 0 Å². The van der Waals surface area contributed by atoms with Crippen molar-refractivity contribution in [2.45, 2.75) is 52.6 Å². The molecule has 0 bridgehead atoms. The first-order valence-corrected chi connectivity index (χ1v) is 6.10. The fourth-order valence-corrected chi connectivity index (χ4v) is 1.57. The summed E-state index contributed by atoms with van der Waals surface area (Å²) in [5.41, 5.74) is -0.957. The number of aromatic nitrogens is 2. The van der Waals surface area contributed by atoms with Crippen LogP contribution in [0.1, 0.15) is 52.3 Å². The van der Waals surface area contributed by atoms with E-state index in [4.69, 9.17) is 4.52 Å². The normalized spacial score (nSPS) is 12.4. The van der Waals surface area contributed by atoms with Gasteiger partial charge in [0.05, 0.1) is 6.54 Å². The molecule has 0 spiro atoms. The lowest BCUT2D eigenvalue weighted by molar-refractivity contribution is -0.149. The standard InChI is InChI=1S/C12H21N3O3/c1-6-15(12(4,5)11(16)17)7-9-13-10(8(2)3)14-18-9/h8H,6-7H2,1-5H3,(H,16,17). The Morgan fingerprint density at radius 3 is 2.50 bits per heavy atom. The van der Waals surface area contributed by atoms with E-state index in [1.807, 2.05) is 20.8 Å². The minimum atomic E-state index is -0.957. The number of hydrogen-bond donors (Lipinski definition) is 1. The lowest BCUT2D eigenvalue weighted by atomic mass is 10.0. The summed E-state index contributed by atoms with van der Waals surface area (Å²) in [6.45, 7) is 10.1. The van der Waals surface area contributed by atoms with Crippen molar-refractivity contribution >= 4 is 5.97 Å². The monoisotopic (exact) mass is 255 g/mol. The lowest BCUT2D eigenvalue weighted by Gasteiger charge is -2.32. The van der Waals surface area contributed by atoms with Crippen molar-refractivity contribution in [3.05, 3.63) is 11.7 Å². The maximum atomic E-state index is 11.2. The fourth-order valence-electron chi connectivity index (χ4n) is 1.57. The molecule has 18 heavy (non-hydrogen) atoms. The fraction of sp³-hybridized carbons (Fsp3) is 0.750. The zero-order chi connectivity index (χ0) is 13.9. The number of carbonyl (C=O) groups is 1. The maximum Gasteiger partial charge on any atom is 0.323 e. The molecule has 0 aliphatic rings. The van der Waals surface area contributed by atoms with Gasteiger partial charge >= 0.3 is 5.97 Å². The first-order valence-electron chi connectivity index (χ1n) is 6.10. The Hall–Kier alpha value is -1.43. The van der Waals surface area contributed by atoms with Crippen LogP contribution in [0.4, 0.5) is 0 Å². The second-order valence-corrected chi connectivity index (χ2v) is 5.08. The molecule has 0 atom stereocenters. The van der Waals surface area contributed by atoms with Crippen LogP contribution in [0, 0.1) is 0 Å². The van der Waals surface area contributed by atoms with E-state index in [0.29, 0.717) is 24.8 Å². The van der Waals surface area contributed by atoms with E-state index >= 15 is 0 Å². The second kappa shape index (κ2) is 5.48. The van der Waals surface area contributed by atoms with Crippen molar-refractivity contribution in [3.63, 3.8) is 0 Å². The largest absolute Gasteiger partial charge is 0.480 e. The molecule has 0 radical (unpaired) electrons. The molecule has 1 rings (SSSR count). The summed E-state index contributed by atoms with van der Waals surface area (Å²) in [5.74, 6) is 0.432. The number of nitrogens with zero attached hydrogens (tertiary/aromatic N) is 3. The Labute approximate surface area is 107 Å². The summed E-state index contributed by atoms with van der Waals surface area (Å²) in [6.07, 6.45) is 0. The van der Waals surface area contributed by atoms with E-state index in [-0.39, 0.29) is 5.92 Å². The third-order valence-electron chi connectivity index (χ3n) is 3.02. The van der Waals surface area contributed by atoms with Crippen LogP contribution in [-0.4, -0.2) is 38.2 Å². The molecule has 6 nitrogen and oxygen atoms in total. The van der Waals surface area contributed by atoms with E-state index in [1.54, 1.807) is 18.7 Å². The molecule has 102 valence electrons. The number of aliphatic carboxylic acids is 1. The Morgan fingerprint density at radius 2 is 2.11 bits per heavy atom. The first-order chi connectivity index (χ1) is 8.28. The second-order valence-electron chi connectivity index (χ2n) is 5.08. The molecular formula is C12H21N3O3. The van der Waals surface area contributed by atoms with E-state index < -0.39 is 11.5 Å². The number of hydrogen-bond acceptors (Lipinski definition) is 5. The molecule has 0 unspecified atom stereocenters. The van der Waals surface area contributed by atoms with Crippen LogP contribution in [0.2, 0.25) is 0 Å². The van der Waals surface area contributed by atoms with Crippen LogP contribution in [-0.2, 0) is 11.3 Å². The number of carboxylic acid groups (broad SMARTS) is 1. The molecule has 0 aliphatic heterocycles. The van der Waals surface area contributed by atoms with Crippen molar-refractivity contribution in [2.24, 2.45) is 0 Å². The molecule has 0 amide bonds. The first kappa shape index (κ1) is 14.6. The van der Waals surface area contributed by atoms with Gasteiger partial charge in [-0.3, -0.25) is 9.69 Å². The molecular weight excluding hydrogens is 234 g/mol. The summed E-state index contributed by atoms with van der Waals surface area (Å²) in [5, 5.41) is 13.1. The molecule has 0 aromatic carbocycles. The van der Waals surface area contributed by atoms with Crippen LogP contribution in [0.25, 0.3) is 0 Å². The van der Waals surface area contributed by atoms with Crippen molar-refractivity contribution in [1.82, 2.24) is 15.0 Å². The molecule has 0 aliphatic carbocycles. The Bertz CT molecular complexity index is 412. The lowest BCUT2D eigenvalue weighted by Crippen LogP contribution is -2.49. The van der Waals surface area contributed by atoms with Gasteiger partial charge in [-0.15, -0.1) is 0 Å². The van der Waals surface area contributed by atoms with E-state index in [2.05, 4.69) is 10.1 Å². The summed E-state index contributed by atoms with van der Waals surface area (Å²) in [4.78, 5) is 17.3. The average molecular weight is 255 g/mol. The summed E-state index contributed by atoms with van der Waals surface area (Å²) in [7, 11) is 0. The highest BCUT2D eigenvalue weighted by molar-refractivity contribution is 5.77. The predicted molar refractivity (Wildman–Crippen MR) is 66.2 cm³/mol. The van der Waals surface area contributed by atoms with Gasteiger partial charge in [-0.1, -0.05) is 25.9 Å². The minimum Gasteiger partial charge on any atom is -0.480 e. The highest BCUT2D eigenvalue weighted by Crippen LogP contribution is 2.18. The Balaban J connectivity index is 2.83. The number of likely N-dealkylation sites (N-methyl/N-ethyl adjacent to an activating group) is 1. The van der Waals surface area contributed by atoms with Crippen LogP contribution in [0.3, 0.4) is 0 Å². The third kappa shape index (κ3) is 3.07. The smallest absolute Gasteiger partial charge is 0.323 e. The van der Waals surface area contributed by atoms with Gasteiger partial charge in [0.2, 0.25) is 5.89 Å². The van der Waals surface area contributed by atoms with Crippen molar-refractivity contribution in [2.75, 3.05) is 6.54 Å². The Morgan fingerprint density at radius 1 is 1.50 bits per heavy atom. The molecule has 6 heteroatoms. The molecule has 1 aromatic heterocycles. The van der Waals surface area contributed by atoms with Gasteiger partial charge in [0.15, 0.2) is 5.82 Å². The highest BCUT2D eigenvalue weighted by Gasteiger charge is 2.34. The van der Waals surface area contributed by atoms with Crippen LogP contribution in [0.5, 0.6) is 0 Å². The number of rotatable bonds is 6. The molecule has 1 aromatic rings. The minimum absolute atomic E-state index is 0.199. The van der Waals surface area contributed by atoms with Gasteiger partial charge in [0.1, 0.15) is 5.54 Å². The number of carboxylic acids is 1. The summed E-state index contributed by atoms with van der Waals surface area (Å²) in [6, 6.07) is 0. The third-order valence-corrected chi connectivity index (χ3v) is 3.02. The molecule has 1 heterocycles. The van der Waals surface area contributed by atoms with Gasteiger partial charge in [-0.2, -0.15) is 4.98 Å². The van der Waals surface area contributed by atoms with Gasteiger partial charge in [-0.05, 0) is 20.4 Å². The Kier molecular flexibility index (Phi) is 4.45. The predicted octanol–water partition coefficient (Wildman–Crippen LogP) is 1.88. The van der Waals surface area contributed by atoms with Crippen LogP contribution >= 0.6 is 0 Å². The van der Waals surface area contributed by atoms with Crippen molar-refractivity contribution in [3.8, 4) is 0 Å². The van der Waals surface area contributed by atoms with Gasteiger partial charge < -0.3 is 9.63 Å². The topological polar surface area (TPSA) is 79.5 Å². The molecule has 0 saturated carbocycles. The quantitative estimate of drug-likeness (QED) is 0.836. The highest BCUT2D eigenvalue weighted by atomic mass is 16.5. The van der Waals surface area contributed by atoms with Crippen molar-refractivity contribution in [1.29, 1.82) is 0 Å². The van der Waals surface area contributed by atoms with Crippen molar-refractivity contribution < 1.29 is 14.4 Å². The summed E-state index contributed by atoms with van der Waals surface area (Å²) < 4.78 is 5.14. The molecule has 0 fully saturated rings. The summed E-state index contributed by atoms with van der Waals surface area (Å²) >= 11 is 0. The average Bonchev–Trinajstić information content (AvgIpc) is 2.73. The van der Waals surface area contributed by atoms with E-state index in [0.717, 1.165) is 0 Å². The van der Waals surface area contributed by atoms with E-state index in [9.17, 15) is 9.90 Å². The van der Waals surface area contributed by atoms with Gasteiger partial charge in [-0.25, -0.2) is 0 Å². The van der Waals surface area contributed by atoms with Gasteiger partial charge in [0, 0.05) is 5.92 Å². The van der Waals surface area contributed by atoms with Crippen LogP contribution in [0.15, 0.2) is 4.52 Å². The molecule has 0 saturated heterocycles. The zero-order valence-electron chi connectivity index (χ0n) is 11.6. The maximum absolute atomic E-state index is 11.2. The van der Waals surface area contributed by atoms with Crippen LogP contribution < -0.4 is 0 Å².